The summed E-state index contributed by atoms with van der Waals surface area (Å²) < 4.78 is 2.30. The van der Waals surface area contributed by atoms with Crippen molar-refractivity contribution < 1.29 is 9.68 Å². The number of para-hydroxylation sites is 1. The number of β-amino-alcohol motifs (C(OH)–C–C–N with tert-alkyl or cyclic N) is 1. The molecule has 3 heteroatoms. The molecule has 1 N–H and O–H groups in total. The minimum atomic E-state index is 0.148. The van der Waals surface area contributed by atoms with E-state index in [0.29, 0.717) is 24.4 Å². The molecule has 1 aliphatic rings. The van der Waals surface area contributed by atoms with E-state index in [9.17, 15) is 5.11 Å². The van der Waals surface area contributed by atoms with Crippen LogP contribution in [0.25, 0.3) is 0 Å². The van der Waals surface area contributed by atoms with E-state index in [1.54, 1.807) is 0 Å². The van der Waals surface area contributed by atoms with Crippen molar-refractivity contribution in [2.24, 2.45) is 0 Å². The van der Waals surface area contributed by atoms with Crippen molar-refractivity contribution >= 4 is 12.0 Å². The van der Waals surface area contributed by atoms with Gasteiger partial charge in [0, 0.05) is 6.42 Å². The molecule has 1 aliphatic heterocycles. The fraction of sp³-hybridized carbons (Fsp3) is 0.458. The zero-order valence-electron chi connectivity index (χ0n) is 17.0. The van der Waals surface area contributed by atoms with Crippen LogP contribution in [-0.2, 0) is 6.42 Å². The van der Waals surface area contributed by atoms with Gasteiger partial charge in [0.05, 0.1) is 19.7 Å². The smallest absolute Gasteiger partial charge is 0.131 e. The van der Waals surface area contributed by atoms with Crippen molar-refractivity contribution in [3.8, 4) is 0 Å². The Hall–Kier alpha value is -2.13. The lowest BCUT2D eigenvalue weighted by Crippen LogP contribution is -2.35. The number of rotatable bonds is 7. The summed E-state index contributed by atoms with van der Waals surface area (Å²) in [5, 5.41) is 9.55. The van der Waals surface area contributed by atoms with Gasteiger partial charge in [0.15, 0.2) is 0 Å². The molecule has 2 aromatic rings. The molecule has 0 radical (unpaired) electrons. The summed E-state index contributed by atoms with van der Waals surface area (Å²) in [5.74, 6) is 0.917. The van der Waals surface area contributed by atoms with Crippen LogP contribution in [0.4, 0.5) is 5.69 Å². The Kier molecular flexibility index (Phi) is 6.33. The molecule has 0 fully saturated rings. The van der Waals surface area contributed by atoms with Crippen LogP contribution in [0.3, 0.4) is 0 Å². The summed E-state index contributed by atoms with van der Waals surface area (Å²) in [6.07, 6.45) is 4.54. The van der Waals surface area contributed by atoms with Crippen LogP contribution in [0.5, 0.6) is 0 Å². The predicted molar refractivity (Wildman–Crippen MR) is 112 cm³/mol. The van der Waals surface area contributed by atoms with Crippen molar-refractivity contribution in [3.05, 3.63) is 65.2 Å². The summed E-state index contributed by atoms with van der Waals surface area (Å²) in [4.78, 5) is 2.19. The van der Waals surface area contributed by atoms with Gasteiger partial charge in [-0.25, -0.2) is 0 Å². The van der Waals surface area contributed by atoms with Crippen molar-refractivity contribution in [1.29, 1.82) is 0 Å². The fourth-order valence-electron chi connectivity index (χ4n) is 3.95. The third-order valence-corrected chi connectivity index (χ3v) is 5.35. The van der Waals surface area contributed by atoms with Crippen molar-refractivity contribution in [3.63, 3.8) is 0 Å². The summed E-state index contributed by atoms with van der Waals surface area (Å²) in [7, 11) is 0. The molecule has 0 unspecified atom stereocenters. The standard InChI is InChI=1S/C24H32N2O/c1-18(2)22-11-8-12-23(19(3)4)24(22)26-16-21(25(17-26)13-14-27)15-20-9-6-5-7-10-20/h5-12,18-19,21,27H,13-16H2,1-4H3/t21-/m1/s1. The molecule has 3 rings (SSSR count). The normalized spacial score (nSPS) is 17.1. The Bertz CT molecular complexity index is 754. The van der Waals surface area contributed by atoms with E-state index in [4.69, 9.17) is 0 Å². The second kappa shape index (κ2) is 8.71. The molecule has 1 heterocycles. The molecular weight excluding hydrogens is 332 g/mol. The highest BCUT2D eigenvalue weighted by molar-refractivity contribution is 5.59. The van der Waals surface area contributed by atoms with E-state index >= 15 is 0 Å². The highest BCUT2D eigenvalue weighted by Crippen LogP contribution is 2.35. The Morgan fingerprint density at radius 1 is 1.00 bits per heavy atom. The highest BCUT2D eigenvalue weighted by Gasteiger charge is 2.28. The van der Waals surface area contributed by atoms with E-state index in [-0.39, 0.29) is 6.61 Å². The monoisotopic (exact) mass is 364 g/mol. The molecule has 27 heavy (non-hydrogen) atoms. The van der Waals surface area contributed by atoms with Crippen molar-refractivity contribution in [1.82, 2.24) is 4.90 Å². The molecule has 0 saturated heterocycles. The lowest BCUT2D eigenvalue weighted by molar-refractivity contribution is -0.429. The number of aliphatic hydroxyl groups is 1. The van der Waals surface area contributed by atoms with Crippen LogP contribution in [0.1, 0.15) is 56.2 Å². The summed E-state index contributed by atoms with van der Waals surface area (Å²) in [6.45, 7) is 10.7. The third kappa shape index (κ3) is 4.41. The zero-order valence-corrected chi connectivity index (χ0v) is 17.0. The van der Waals surface area contributed by atoms with Gasteiger partial charge in [0.25, 0.3) is 0 Å². The van der Waals surface area contributed by atoms with E-state index in [1.165, 1.54) is 22.4 Å². The molecule has 2 aromatic carbocycles. The maximum Gasteiger partial charge on any atom is 0.131 e. The van der Waals surface area contributed by atoms with E-state index < -0.39 is 0 Å². The molecule has 144 valence electrons. The summed E-state index contributed by atoms with van der Waals surface area (Å²) in [6, 6.07) is 17.6. The number of aliphatic hydroxyl groups excluding tert-OH is 1. The molecule has 1 atom stereocenters. The van der Waals surface area contributed by atoms with Gasteiger partial charge in [0.1, 0.15) is 12.4 Å². The first-order chi connectivity index (χ1) is 13.0. The lowest BCUT2D eigenvalue weighted by atomic mass is 9.92. The van der Waals surface area contributed by atoms with Gasteiger partial charge in [-0.15, -0.1) is 0 Å². The second-order valence-corrected chi connectivity index (χ2v) is 8.07. The van der Waals surface area contributed by atoms with Crippen LogP contribution >= 0.6 is 0 Å². The maximum atomic E-state index is 9.55. The van der Waals surface area contributed by atoms with Gasteiger partial charge in [-0.05, 0) is 23.1 Å². The van der Waals surface area contributed by atoms with Crippen molar-refractivity contribution in [2.45, 2.75) is 52.0 Å². The molecule has 0 bridgehead atoms. The Balaban J connectivity index is 1.96. The van der Waals surface area contributed by atoms with Crippen LogP contribution in [0.2, 0.25) is 0 Å². The molecule has 0 aliphatic carbocycles. The van der Waals surface area contributed by atoms with Gasteiger partial charge < -0.3 is 14.6 Å². The van der Waals surface area contributed by atoms with Gasteiger partial charge in [0.2, 0.25) is 0 Å². The molecule has 3 nitrogen and oxygen atoms in total. The van der Waals surface area contributed by atoms with E-state index in [0.717, 1.165) is 13.0 Å². The van der Waals surface area contributed by atoms with E-state index in [1.807, 2.05) is 0 Å². The predicted octanol–water partition coefficient (Wildman–Crippen LogP) is 4.40. The topological polar surface area (TPSA) is 26.5 Å². The second-order valence-electron chi connectivity index (χ2n) is 8.07. The highest BCUT2D eigenvalue weighted by atomic mass is 16.3. The van der Waals surface area contributed by atoms with E-state index in [2.05, 4.69) is 92.0 Å². The Morgan fingerprint density at radius 2 is 1.63 bits per heavy atom. The van der Waals surface area contributed by atoms with Gasteiger partial charge in [-0.1, -0.05) is 87.4 Å². The largest absolute Gasteiger partial charge is 0.392 e. The third-order valence-electron chi connectivity index (χ3n) is 5.35. The number of nitrogens with zero attached hydrogens (tertiary/aromatic N) is 2. The number of hydrogen-bond acceptors (Lipinski definition) is 2. The number of benzene rings is 2. The summed E-state index contributed by atoms with van der Waals surface area (Å²) >= 11 is 0. The lowest BCUT2D eigenvalue weighted by Gasteiger charge is -2.26. The fourth-order valence-corrected chi connectivity index (χ4v) is 3.95. The van der Waals surface area contributed by atoms with Crippen LogP contribution in [0.15, 0.2) is 48.5 Å². The minimum Gasteiger partial charge on any atom is -0.392 e. The molecule has 0 saturated carbocycles. The first-order valence-corrected chi connectivity index (χ1v) is 10.1. The summed E-state index contributed by atoms with van der Waals surface area (Å²) in [5.41, 5.74) is 5.38. The Labute approximate surface area is 164 Å². The van der Waals surface area contributed by atoms with Gasteiger partial charge in [-0.2, -0.15) is 0 Å². The van der Waals surface area contributed by atoms with Crippen LogP contribution in [0, 0.1) is 0 Å². The van der Waals surface area contributed by atoms with Crippen LogP contribution in [-0.4, -0.2) is 46.7 Å². The average Bonchev–Trinajstić information content (AvgIpc) is 3.04. The first kappa shape index (κ1) is 19.6. The molecule has 0 amide bonds. The molecular formula is C24H32N2O. The zero-order chi connectivity index (χ0) is 19.4. The first-order valence-electron chi connectivity index (χ1n) is 10.1. The van der Waals surface area contributed by atoms with Gasteiger partial charge in [-0.3, -0.25) is 0 Å². The number of hydrogen-bond donors (Lipinski definition) is 1. The SMILES string of the molecule is CC(C)c1cccc(C(C)C)c1[N+]1=[C-]N(CCO)[C@H](Cc2ccccc2)C1. The maximum absolute atomic E-state index is 9.55. The quantitative estimate of drug-likeness (QED) is 0.582. The molecule has 0 spiro atoms. The van der Waals surface area contributed by atoms with Gasteiger partial charge >= 0.3 is 0 Å². The van der Waals surface area contributed by atoms with Crippen molar-refractivity contribution in [2.75, 3.05) is 19.7 Å². The Morgan fingerprint density at radius 3 is 2.19 bits per heavy atom. The minimum absolute atomic E-state index is 0.148. The molecule has 0 aromatic heterocycles. The van der Waals surface area contributed by atoms with Crippen LogP contribution < -0.4 is 0 Å². The average molecular weight is 365 g/mol.